The second-order valence-corrected chi connectivity index (χ2v) is 7.01. The molecule has 2 fully saturated rings. The van der Waals surface area contributed by atoms with Crippen LogP contribution in [0.1, 0.15) is 59.3 Å². The molecule has 2 saturated carbocycles. The highest BCUT2D eigenvalue weighted by Crippen LogP contribution is 2.59. The average molecular weight is 282 g/mol. The summed E-state index contributed by atoms with van der Waals surface area (Å²) in [6.07, 6.45) is 3.61. The van der Waals surface area contributed by atoms with Gasteiger partial charge in [0.25, 0.3) is 0 Å². The molecule has 0 aliphatic heterocycles. The summed E-state index contributed by atoms with van der Waals surface area (Å²) in [6, 6.07) is 0. The summed E-state index contributed by atoms with van der Waals surface area (Å²) in [4.78, 5) is 24.2. The van der Waals surface area contributed by atoms with E-state index in [0.717, 1.165) is 19.3 Å². The number of carbonyl (C=O) groups excluding carboxylic acids is 1. The van der Waals surface area contributed by atoms with Gasteiger partial charge in [-0.2, -0.15) is 0 Å². The molecule has 4 heteroatoms. The van der Waals surface area contributed by atoms with Gasteiger partial charge in [-0.15, -0.1) is 0 Å². The number of rotatable bonds is 3. The Morgan fingerprint density at radius 3 is 2.60 bits per heavy atom. The molecule has 2 N–H and O–H groups in total. The zero-order valence-corrected chi connectivity index (χ0v) is 12.7. The van der Waals surface area contributed by atoms with Crippen molar-refractivity contribution in [2.75, 3.05) is 0 Å². The summed E-state index contributed by atoms with van der Waals surface area (Å²) in [5.41, 5.74) is -1.15. The minimum absolute atomic E-state index is 0.0268. The Bertz CT molecular complexity index is 419. The fourth-order valence-corrected chi connectivity index (χ4v) is 4.87. The van der Waals surface area contributed by atoms with Crippen LogP contribution in [0, 0.1) is 22.7 Å². The molecule has 3 unspecified atom stereocenters. The Labute approximate surface area is 120 Å². The summed E-state index contributed by atoms with van der Waals surface area (Å²) >= 11 is 0. The van der Waals surface area contributed by atoms with Crippen molar-refractivity contribution in [3.05, 3.63) is 0 Å². The third-order valence-corrected chi connectivity index (χ3v) is 6.17. The van der Waals surface area contributed by atoms with E-state index in [2.05, 4.69) is 0 Å². The molecule has 0 saturated heterocycles. The molecule has 114 valence electrons. The van der Waals surface area contributed by atoms with Crippen molar-refractivity contribution in [3.63, 3.8) is 0 Å². The molecule has 0 amide bonds. The molecular weight excluding hydrogens is 256 g/mol. The van der Waals surface area contributed by atoms with Crippen LogP contribution in [-0.4, -0.2) is 28.1 Å². The van der Waals surface area contributed by atoms with E-state index >= 15 is 0 Å². The molecule has 4 nitrogen and oxygen atoms in total. The van der Waals surface area contributed by atoms with Crippen LogP contribution >= 0.6 is 0 Å². The highest BCUT2D eigenvalue weighted by Gasteiger charge is 2.60. The molecular formula is C16H26O4. The lowest BCUT2D eigenvalue weighted by Gasteiger charge is -2.57. The van der Waals surface area contributed by atoms with Gasteiger partial charge in [-0.1, -0.05) is 27.2 Å². The van der Waals surface area contributed by atoms with Crippen molar-refractivity contribution >= 4 is 11.8 Å². The lowest BCUT2D eigenvalue weighted by atomic mass is 9.46. The van der Waals surface area contributed by atoms with Crippen LogP contribution in [0.3, 0.4) is 0 Å². The van der Waals surface area contributed by atoms with Crippen LogP contribution in [0.5, 0.6) is 0 Å². The van der Waals surface area contributed by atoms with Crippen LogP contribution < -0.4 is 0 Å². The Kier molecular flexibility index (Phi) is 3.98. The topological polar surface area (TPSA) is 74.6 Å². The van der Waals surface area contributed by atoms with E-state index < -0.39 is 23.4 Å². The first kappa shape index (κ1) is 15.5. The summed E-state index contributed by atoms with van der Waals surface area (Å²) in [6.45, 7) is 5.71. The minimum Gasteiger partial charge on any atom is -0.481 e. The number of aliphatic carboxylic acids is 1. The second-order valence-electron chi connectivity index (χ2n) is 7.01. The third-order valence-electron chi connectivity index (χ3n) is 6.17. The van der Waals surface area contributed by atoms with Gasteiger partial charge >= 0.3 is 5.97 Å². The SMILES string of the molecule is CCC(C(=O)O)C1(C)C(=O)CC[C@@]2(C)C1CCC[C@@H]2O. The van der Waals surface area contributed by atoms with Crippen LogP contribution in [0.4, 0.5) is 0 Å². The number of carboxylic acid groups (broad SMARTS) is 1. The standard InChI is InChI=1S/C16H26O4/c1-4-10(14(19)20)16(3)11-6-5-7-12(17)15(11,2)9-8-13(16)18/h10-12,17H,4-9H2,1-3H3,(H,19,20)/t10?,11?,12-,15-,16?/m0/s1. The van der Waals surface area contributed by atoms with Crippen LogP contribution in [-0.2, 0) is 9.59 Å². The number of ketones is 1. The van der Waals surface area contributed by atoms with Crippen molar-refractivity contribution in [1.29, 1.82) is 0 Å². The van der Waals surface area contributed by atoms with Gasteiger partial charge in [0.2, 0.25) is 0 Å². The Hall–Kier alpha value is -0.900. The van der Waals surface area contributed by atoms with E-state index in [1.807, 2.05) is 20.8 Å². The van der Waals surface area contributed by atoms with Crippen molar-refractivity contribution in [3.8, 4) is 0 Å². The Balaban J connectivity index is 2.48. The molecule has 2 rings (SSSR count). The normalized spacial score (nSPS) is 42.9. The van der Waals surface area contributed by atoms with Gasteiger partial charge in [0.1, 0.15) is 5.78 Å². The van der Waals surface area contributed by atoms with Crippen LogP contribution in [0.15, 0.2) is 0 Å². The molecule has 2 aliphatic rings. The van der Waals surface area contributed by atoms with Crippen LogP contribution in [0.2, 0.25) is 0 Å². The van der Waals surface area contributed by atoms with E-state index in [4.69, 9.17) is 0 Å². The third kappa shape index (κ3) is 2.00. The minimum atomic E-state index is -0.882. The Morgan fingerprint density at radius 1 is 1.40 bits per heavy atom. The quantitative estimate of drug-likeness (QED) is 0.834. The van der Waals surface area contributed by atoms with Crippen molar-refractivity contribution < 1.29 is 19.8 Å². The lowest BCUT2D eigenvalue weighted by molar-refractivity contribution is -0.176. The molecule has 0 aromatic carbocycles. The van der Waals surface area contributed by atoms with Crippen molar-refractivity contribution in [2.45, 2.75) is 65.4 Å². The molecule has 20 heavy (non-hydrogen) atoms. The number of carbonyl (C=O) groups is 2. The van der Waals surface area contributed by atoms with Gasteiger partial charge in [0.15, 0.2) is 0 Å². The zero-order valence-electron chi connectivity index (χ0n) is 12.7. The average Bonchev–Trinajstić information content (AvgIpc) is 2.38. The summed E-state index contributed by atoms with van der Waals surface area (Å²) < 4.78 is 0. The molecule has 0 aromatic rings. The molecule has 0 radical (unpaired) electrons. The van der Waals surface area contributed by atoms with E-state index in [1.165, 1.54) is 0 Å². The van der Waals surface area contributed by atoms with Gasteiger partial charge in [0, 0.05) is 11.8 Å². The maximum Gasteiger partial charge on any atom is 0.307 e. The number of Topliss-reactive ketones (excluding diaryl/α,β-unsaturated/α-hetero) is 1. The maximum atomic E-state index is 12.6. The van der Waals surface area contributed by atoms with Crippen LogP contribution in [0.25, 0.3) is 0 Å². The molecule has 0 bridgehead atoms. The van der Waals surface area contributed by atoms with E-state index in [9.17, 15) is 19.8 Å². The first-order valence-corrected chi connectivity index (χ1v) is 7.72. The van der Waals surface area contributed by atoms with Gasteiger partial charge in [-0.05, 0) is 37.0 Å². The fraction of sp³-hybridized carbons (Fsp3) is 0.875. The van der Waals surface area contributed by atoms with E-state index in [1.54, 1.807) is 0 Å². The number of hydrogen-bond donors (Lipinski definition) is 2. The highest BCUT2D eigenvalue weighted by atomic mass is 16.4. The van der Waals surface area contributed by atoms with Gasteiger partial charge in [-0.3, -0.25) is 9.59 Å². The highest BCUT2D eigenvalue weighted by molar-refractivity contribution is 5.90. The van der Waals surface area contributed by atoms with Crippen molar-refractivity contribution in [1.82, 2.24) is 0 Å². The number of hydrogen-bond acceptors (Lipinski definition) is 3. The summed E-state index contributed by atoms with van der Waals surface area (Å²) in [5, 5.41) is 20.0. The summed E-state index contributed by atoms with van der Waals surface area (Å²) in [5.74, 6) is -1.48. The van der Waals surface area contributed by atoms with Gasteiger partial charge in [-0.25, -0.2) is 0 Å². The molecule has 2 aliphatic carbocycles. The lowest BCUT2D eigenvalue weighted by Crippen LogP contribution is -2.59. The molecule has 0 heterocycles. The smallest absolute Gasteiger partial charge is 0.307 e. The van der Waals surface area contributed by atoms with E-state index in [0.29, 0.717) is 19.3 Å². The Morgan fingerprint density at radius 2 is 2.05 bits per heavy atom. The predicted octanol–water partition coefficient (Wildman–Crippen LogP) is 2.63. The fourth-order valence-electron chi connectivity index (χ4n) is 4.87. The first-order valence-electron chi connectivity index (χ1n) is 7.72. The molecule has 5 atom stereocenters. The molecule has 0 spiro atoms. The van der Waals surface area contributed by atoms with E-state index in [-0.39, 0.29) is 17.1 Å². The largest absolute Gasteiger partial charge is 0.481 e. The number of fused-ring (bicyclic) bond motifs is 1. The maximum absolute atomic E-state index is 12.6. The first-order chi connectivity index (χ1) is 9.28. The van der Waals surface area contributed by atoms with Gasteiger partial charge in [0.05, 0.1) is 12.0 Å². The zero-order chi connectivity index (χ0) is 15.1. The van der Waals surface area contributed by atoms with Crippen molar-refractivity contribution in [2.24, 2.45) is 22.7 Å². The number of carboxylic acids is 1. The monoisotopic (exact) mass is 282 g/mol. The van der Waals surface area contributed by atoms with Gasteiger partial charge < -0.3 is 10.2 Å². The predicted molar refractivity (Wildman–Crippen MR) is 75.2 cm³/mol. The number of aliphatic hydroxyl groups is 1. The number of aliphatic hydroxyl groups excluding tert-OH is 1. The summed E-state index contributed by atoms with van der Waals surface area (Å²) in [7, 11) is 0. The second kappa shape index (κ2) is 5.14. The molecule has 0 aromatic heterocycles.